The van der Waals surface area contributed by atoms with E-state index in [2.05, 4.69) is 59.9 Å². The van der Waals surface area contributed by atoms with Crippen LogP contribution in [-0.2, 0) is 20.9 Å². The number of hydrogen-bond acceptors (Lipinski definition) is 5. The van der Waals surface area contributed by atoms with Crippen LogP contribution in [0.5, 0.6) is 0 Å². The largest absolute Gasteiger partial charge is 0.467 e. The van der Waals surface area contributed by atoms with Crippen molar-refractivity contribution in [3.8, 4) is 0 Å². The molecule has 2 N–H and O–H groups in total. The zero-order chi connectivity index (χ0) is 35.3. The number of nitrogens with zero attached hydrogens (tertiary/aromatic N) is 1. The average molecular weight is 663 g/mol. The summed E-state index contributed by atoms with van der Waals surface area (Å²) in [6.07, 6.45) is 11.5. The van der Waals surface area contributed by atoms with Crippen LogP contribution >= 0.6 is 0 Å². The highest BCUT2D eigenvalue weighted by atomic mass is 16.3. The van der Waals surface area contributed by atoms with Crippen molar-refractivity contribution in [3.05, 3.63) is 35.8 Å². The maximum atomic E-state index is 14.7. The molecule has 0 bridgehead atoms. The summed E-state index contributed by atoms with van der Waals surface area (Å²) in [7, 11) is 0. The number of fused-ring (bicyclic) bond motifs is 7. The lowest BCUT2D eigenvalue weighted by atomic mass is 9.33. The van der Waals surface area contributed by atoms with Crippen molar-refractivity contribution in [2.75, 3.05) is 6.54 Å². The second-order valence-corrected chi connectivity index (χ2v) is 19.7. The van der Waals surface area contributed by atoms with Gasteiger partial charge in [0, 0.05) is 16.9 Å². The van der Waals surface area contributed by atoms with E-state index >= 15 is 0 Å². The molecule has 7 heteroatoms. The van der Waals surface area contributed by atoms with E-state index in [1.165, 1.54) is 5.57 Å². The first-order chi connectivity index (χ1) is 22.1. The van der Waals surface area contributed by atoms with Gasteiger partial charge in [0.15, 0.2) is 5.78 Å². The quantitative estimate of drug-likeness (QED) is 0.334. The molecule has 6 rings (SSSR count). The second kappa shape index (κ2) is 11.3. The molecule has 1 aromatic heterocycles. The first-order valence-corrected chi connectivity index (χ1v) is 18.7. The summed E-state index contributed by atoms with van der Waals surface area (Å²) in [5.74, 6) is 1.07. The fraction of sp³-hybridized carbons (Fsp3) is 0.780. The molecule has 0 saturated heterocycles. The van der Waals surface area contributed by atoms with Gasteiger partial charge < -0.3 is 19.7 Å². The summed E-state index contributed by atoms with van der Waals surface area (Å²) in [5, 5.41) is 14.1. The van der Waals surface area contributed by atoms with Crippen LogP contribution in [0.2, 0.25) is 0 Å². The Labute approximate surface area is 289 Å². The number of carbonyl (C=O) groups excluding carboxylic acids is 3. The van der Waals surface area contributed by atoms with E-state index in [1.54, 1.807) is 11.2 Å². The maximum Gasteiger partial charge on any atom is 0.240 e. The van der Waals surface area contributed by atoms with Crippen LogP contribution in [0.25, 0.3) is 0 Å². The molecule has 0 unspecified atom stereocenters. The molecule has 7 nitrogen and oxygen atoms in total. The lowest BCUT2D eigenvalue weighted by molar-refractivity contribution is -0.202. The molecule has 0 aliphatic heterocycles. The lowest BCUT2D eigenvalue weighted by Crippen LogP contribution is -2.66. The number of hydrogen-bond donors (Lipinski definition) is 2. The van der Waals surface area contributed by atoms with Crippen LogP contribution in [0.4, 0.5) is 0 Å². The predicted octanol–water partition coefficient (Wildman–Crippen LogP) is 7.86. The van der Waals surface area contributed by atoms with Crippen molar-refractivity contribution in [1.29, 1.82) is 0 Å². The second-order valence-electron chi connectivity index (χ2n) is 19.7. The summed E-state index contributed by atoms with van der Waals surface area (Å²) in [6.45, 7) is 22.2. The zero-order valence-electron chi connectivity index (χ0n) is 31.4. The topological polar surface area (TPSA) is 99.9 Å². The maximum absolute atomic E-state index is 14.7. The monoisotopic (exact) mass is 662 g/mol. The molecule has 9 atom stereocenters. The molecule has 4 fully saturated rings. The Hall–Kier alpha value is -2.41. The number of carbonyl (C=O) groups is 3. The highest BCUT2D eigenvalue weighted by Gasteiger charge is 2.70. The number of amides is 2. The van der Waals surface area contributed by atoms with Gasteiger partial charge in [-0.05, 0) is 136 Å². The highest BCUT2D eigenvalue weighted by Crippen LogP contribution is 2.75. The molecule has 0 spiro atoms. The number of allylic oxidation sites excluding steroid dienone is 2. The van der Waals surface area contributed by atoms with Crippen LogP contribution in [-0.4, -0.2) is 45.8 Å². The summed E-state index contributed by atoms with van der Waals surface area (Å²) < 4.78 is 5.65. The van der Waals surface area contributed by atoms with Gasteiger partial charge in [0.2, 0.25) is 11.8 Å². The number of rotatable bonds is 5. The van der Waals surface area contributed by atoms with Crippen molar-refractivity contribution < 1.29 is 23.9 Å². The van der Waals surface area contributed by atoms with E-state index in [0.717, 1.165) is 51.4 Å². The fourth-order valence-corrected chi connectivity index (χ4v) is 12.2. The molecule has 266 valence electrons. The van der Waals surface area contributed by atoms with Gasteiger partial charge in [-0.15, -0.1) is 0 Å². The minimum absolute atomic E-state index is 0.0138. The number of nitrogens with one attached hydrogen (secondary N) is 1. The Morgan fingerprint density at radius 1 is 0.979 bits per heavy atom. The van der Waals surface area contributed by atoms with Crippen molar-refractivity contribution in [3.63, 3.8) is 0 Å². The summed E-state index contributed by atoms with van der Waals surface area (Å²) in [4.78, 5) is 44.3. The van der Waals surface area contributed by atoms with Crippen LogP contribution in [0.1, 0.15) is 133 Å². The number of aliphatic hydroxyl groups is 1. The molecular formula is C41H62N2O5. The van der Waals surface area contributed by atoms with Gasteiger partial charge in [-0.3, -0.25) is 14.4 Å². The number of aliphatic hydroxyl groups excluding tert-OH is 1. The Morgan fingerprint density at radius 3 is 2.31 bits per heavy atom. The molecule has 5 aliphatic carbocycles. The predicted molar refractivity (Wildman–Crippen MR) is 187 cm³/mol. The van der Waals surface area contributed by atoms with Crippen molar-refractivity contribution in [2.24, 2.45) is 50.2 Å². The van der Waals surface area contributed by atoms with Crippen molar-refractivity contribution in [2.45, 2.75) is 145 Å². The third-order valence-electron chi connectivity index (χ3n) is 15.1. The number of ketones is 1. The molecule has 4 saturated carbocycles. The molecule has 0 radical (unpaired) electrons. The average Bonchev–Trinajstić information content (AvgIpc) is 3.49. The SMILES string of the molecule is CC(C)(C)NC(=O)CN(Cc1ccco1)C(=O)[C@@]1(C)CC[C@]2(C)CC[C@]3(C)C(=CC(=O)[C@@H]4[C@@]5(C)CC[C@H](O)C(C)(C)[C@@H]5CC[C@]43C)[C@@H]2C1. The normalized spacial score (nSPS) is 42.0. The first-order valence-electron chi connectivity index (χ1n) is 18.7. The zero-order valence-corrected chi connectivity index (χ0v) is 31.4. The van der Waals surface area contributed by atoms with Gasteiger partial charge >= 0.3 is 0 Å². The van der Waals surface area contributed by atoms with Crippen molar-refractivity contribution in [1.82, 2.24) is 10.2 Å². The molecule has 1 aromatic rings. The standard InChI is InChI=1S/C41H62N2O5/c1-35(2,3)42-32(46)25-43(24-26-12-11-21-48-26)34(47)38(7)18-17-37(6)19-20-40(9)27(28(37)23-38)22-29(44)33-39(8)15-14-31(45)36(4,5)30(39)13-16-41(33,40)10/h11-12,21-22,28,30-31,33,45H,13-20,23-25H2,1-10H3,(H,42,46)/t28-,30-,31-,33+,37+,38-,39-,40+,41+/m0/s1. The van der Waals surface area contributed by atoms with Crippen LogP contribution in [0.3, 0.4) is 0 Å². The van der Waals surface area contributed by atoms with E-state index < -0.39 is 11.0 Å². The Kier molecular flexibility index (Phi) is 8.34. The third-order valence-corrected chi connectivity index (χ3v) is 15.1. The van der Waals surface area contributed by atoms with Gasteiger partial charge in [-0.2, -0.15) is 0 Å². The van der Waals surface area contributed by atoms with Gasteiger partial charge in [-0.1, -0.05) is 54.0 Å². The van der Waals surface area contributed by atoms with Gasteiger partial charge in [0.25, 0.3) is 0 Å². The van der Waals surface area contributed by atoms with Gasteiger partial charge in [-0.25, -0.2) is 0 Å². The summed E-state index contributed by atoms with van der Waals surface area (Å²) in [6, 6.07) is 3.67. The molecule has 1 heterocycles. The molecule has 48 heavy (non-hydrogen) atoms. The third kappa shape index (κ3) is 5.35. The number of furan rings is 1. The minimum atomic E-state index is -0.675. The molecule has 2 amide bonds. The smallest absolute Gasteiger partial charge is 0.240 e. The molecular weight excluding hydrogens is 600 g/mol. The van der Waals surface area contributed by atoms with E-state index in [-0.39, 0.29) is 75.7 Å². The molecule has 5 aliphatic rings. The summed E-state index contributed by atoms with van der Waals surface area (Å²) >= 11 is 0. The van der Waals surface area contributed by atoms with Gasteiger partial charge in [0.05, 0.1) is 18.9 Å². The Bertz CT molecular complexity index is 1490. The Morgan fingerprint density at radius 2 is 1.67 bits per heavy atom. The van der Waals surface area contributed by atoms with E-state index in [4.69, 9.17) is 4.42 Å². The molecule has 0 aromatic carbocycles. The fourth-order valence-electron chi connectivity index (χ4n) is 12.2. The van der Waals surface area contributed by atoms with E-state index in [0.29, 0.717) is 18.1 Å². The van der Waals surface area contributed by atoms with Gasteiger partial charge in [0.1, 0.15) is 12.3 Å². The van der Waals surface area contributed by atoms with Crippen LogP contribution in [0.15, 0.2) is 34.5 Å². The lowest BCUT2D eigenvalue weighted by Gasteiger charge is -2.70. The first kappa shape index (κ1) is 35.4. The summed E-state index contributed by atoms with van der Waals surface area (Å²) in [5.41, 5.74) is -0.500. The highest BCUT2D eigenvalue weighted by molar-refractivity contribution is 5.96. The minimum Gasteiger partial charge on any atom is -0.467 e. The Balaban J connectivity index is 1.34. The van der Waals surface area contributed by atoms with E-state index in [1.807, 2.05) is 32.9 Å². The van der Waals surface area contributed by atoms with E-state index in [9.17, 15) is 19.5 Å². The van der Waals surface area contributed by atoms with Crippen molar-refractivity contribution >= 4 is 17.6 Å². The van der Waals surface area contributed by atoms with Crippen LogP contribution < -0.4 is 5.32 Å². The van der Waals surface area contributed by atoms with Crippen LogP contribution in [0, 0.1) is 50.2 Å².